The molecule has 2 heterocycles. The molecule has 1 N–H and O–H groups in total. The number of amides is 2. The van der Waals surface area contributed by atoms with Crippen LogP contribution in [0.4, 0.5) is 4.79 Å². The first-order valence-electron chi connectivity index (χ1n) is 9.23. The molecule has 0 radical (unpaired) electrons. The largest absolute Gasteiger partial charge is 0.457 e. The van der Waals surface area contributed by atoms with Gasteiger partial charge in [0.15, 0.2) is 0 Å². The maximum Gasteiger partial charge on any atom is 0.407 e. The van der Waals surface area contributed by atoms with Crippen LogP contribution >= 0.6 is 0 Å². The average molecular weight is 366 g/mol. The lowest BCUT2D eigenvalue weighted by molar-refractivity contribution is 0.0438. The number of benzene rings is 2. The van der Waals surface area contributed by atoms with Gasteiger partial charge in [0.2, 0.25) is 0 Å². The van der Waals surface area contributed by atoms with E-state index in [4.69, 9.17) is 9.47 Å². The first kappa shape index (κ1) is 17.4. The fraction of sp³-hybridized carbons (Fsp3) is 0.333. The second-order valence-corrected chi connectivity index (χ2v) is 6.98. The number of hydrogen-bond donors (Lipinski definition) is 1. The predicted octanol–water partition coefficient (Wildman–Crippen LogP) is 3.58. The van der Waals surface area contributed by atoms with E-state index < -0.39 is 5.60 Å². The number of hydrogen-bond acceptors (Lipinski definition) is 4. The van der Waals surface area contributed by atoms with E-state index in [9.17, 15) is 9.59 Å². The maximum atomic E-state index is 13.2. The van der Waals surface area contributed by atoms with Crippen molar-refractivity contribution in [1.82, 2.24) is 10.2 Å². The summed E-state index contributed by atoms with van der Waals surface area (Å²) in [6, 6.07) is 16.7. The molecule has 4 rings (SSSR count). The van der Waals surface area contributed by atoms with Gasteiger partial charge >= 0.3 is 6.09 Å². The lowest BCUT2D eigenvalue weighted by atomic mass is 9.95. The van der Waals surface area contributed by atoms with Crippen LogP contribution in [0.3, 0.4) is 0 Å². The summed E-state index contributed by atoms with van der Waals surface area (Å²) in [4.78, 5) is 26.4. The van der Waals surface area contributed by atoms with Crippen molar-refractivity contribution in [2.24, 2.45) is 0 Å². The monoisotopic (exact) mass is 366 g/mol. The molecule has 0 aromatic heterocycles. The fourth-order valence-corrected chi connectivity index (χ4v) is 3.67. The third-order valence-electron chi connectivity index (χ3n) is 5.14. The first-order chi connectivity index (χ1) is 13.2. The molecule has 1 unspecified atom stereocenters. The van der Waals surface area contributed by atoms with Gasteiger partial charge in [-0.2, -0.15) is 0 Å². The number of likely N-dealkylation sites (tertiary alicyclic amines) is 1. The molecule has 0 bridgehead atoms. The Hall–Kier alpha value is -3.02. The van der Waals surface area contributed by atoms with E-state index in [2.05, 4.69) is 5.32 Å². The summed E-state index contributed by atoms with van der Waals surface area (Å²) in [7, 11) is 0. The average Bonchev–Trinajstić information content (AvgIpc) is 2.93. The molecule has 0 saturated carbocycles. The maximum absolute atomic E-state index is 13.2. The van der Waals surface area contributed by atoms with Gasteiger partial charge in [-0.3, -0.25) is 4.79 Å². The Labute approximate surface area is 158 Å². The van der Waals surface area contributed by atoms with Crippen molar-refractivity contribution in [1.29, 1.82) is 0 Å². The Bertz CT molecular complexity index is 839. The van der Waals surface area contributed by atoms with Crippen molar-refractivity contribution >= 4 is 12.0 Å². The summed E-state index contributed by atoms with van der Waals surface area (Å²) in [5.41, 5.74) is 0.0606. The molecule has 2 fully saturated rings. The van der Waals surface area contributed by atoms with Crippen molar-refractivity contribution in [2.75, 3.05) is 19.6 Å². The zero-order valence-electron chi connectivity index (χ0n) is 15.0. The second-order valence-electron chi connectivity index (χ2n) is 6.98. The molecule has 2 aliphatic heterocycles. The Balaban J connectivity index is 1.50. The molecule has 1 atom stereocenters. The molecule has 27 heavy (non-hydrogen) atoms. The van der Waals surface area contributed by atoms with Gasteiger partial charge < -0.3 is 19.7 Å². The van der Waals surface area contributed by atoms with Gasteiger partial charge in [0.25, 0.3) is 5.91 Å². The minimum atomic E-state index is -0.480. The molecular formula is C21H22N2O4. The van der Waals surface area contributed by atoms with Gasteiger partial charge in [-0.1, -0.05) is 30.3 Å². The number of ether oxygens (including phenoxy) is 2. The van der Waals surface area contributed by atoms with Crippen molar-refractivity contribution in [3.63, 3.8) is 0 Å². The zero-order chi connectivity index (χ0) is 18.7. The smallest absolute Gasteiger partial charge is 0.407 e. The summed E-state index contributed by atoms with van der Waals surface area (Å²) < 4.78 is 11.4. The molecule has 2 saturated heterocycles. The third kappa shape index (κ3) is 3.74. The SMILES string of the molecule is O=C1NCC2(CCCN(C(=O)c3ccccc3Oc3ccccc3)CC2)O1. The summed E-state index contributed by atoms with van der Waals surface area (Å²) in [6.07, 6.45) is 1.83. The van der Waals surface area contributed by atoms with Crippen LogP contribution in [0.15, 0.2) is 54.6 Å². The second kappa shape index (κ2) is 7.31. The van der Waals surface area contributed by atoms with Crippen LogP contribution in [-0.2, 0) is 4.74 Å². The van der Waals surface area contributed by atoms with Crippen molar-refractivity contribution < 1.29 is 19.1 Å². The number of alkyl carbamates (subject to hydrolysis) is 1. The summed E-state index contributed by atoms with van der Waals surface area (Å²) >= 11 is 0. The molecule has 140 valence electrons. The van der Waals surface area contributed by atoms with E-state index in [1.165, 1.54) is 0 Å². The summed E-state index contributed by atoms with van der Waals surface area (Å²) in [5, 5.41) is 2.74. The molecule has 2 aliphatic rings. The normalized spacial score (nSPS) is 22.1. The number of para-hydroxylation sites is 2. The molecular weight excluding hydrogens is 344 g/mol. The molecule has 0 aliphatic carbocycles. The Morgan fingerprint density at radius 2 is 1.81 bits per heavy atom. The van der Waals surface area contributed by atoms with Gasteiger partial charge in [-0.15, -0.1) is 0 Å². The van der Waals surface area contributed by atoms with Crippen LogP contribution in [-0.4, -0.2) is 42.1 Å². The minimum absolute atomic E-state index is 0.0594. The number of nitrogens with one attached hydrogen (secondary N) is 1. The standard InChI is InChI=1S/C21H22N2O4/c24-19(23-13-6-11-21(12-14-23)15-22-20(25)27-21)17-9-4-5-10-18(17)26-16-7-2-1-3-8-16/h1-5,7-10H,6,11-15H2,(H,22,25). The molecule has 1 spiro atoms. The third-order valence-corrected chi connectivity index (χ3v) is 5.14. The molecule has 6 heteroatoms. The van der Waals surface area contributed by atoms with Crippen LogP contribution in [0, 0.1) is 0 Å². The fourth-order valence-electron chi connectivity index (χ4n) is 3.67. The number of rotatable bonds is 3. The van der Waals surface area contributed by atoms with Crippen molar-refractivity contribution in [2.45, 2.75) is 24.9 Å². The van der Waals surface area contributed by atoms with E-state index in [0.717, 1.165) is 12.8 Å². The highest BCUT2D eigenvalue weighted by Gasteiger charge is 2.42. The number of carbonyl (C=O) groups excluding carboxylic acids is 2. The Morgan fingerprint density at radius 3 is 2.59 bits per heavy atom. The lowest BCUT2D eigenvalue weighted by Gasteiger charge is -2.25. The van der Waals surface area contributed by atoms with Gasteiger partial charge in [-0.25, -0.2) is 4.79 Å². The number of nitrogens with zero attached hydrogens (tertiary/aromatic N) is 1. The van der Waals surface area contributed by atoms with Crippen LogP contribution in [0.1, 0.15) is 29.6 Å². The van der Waals surface area contributed by atoms with Gasteiger partial charge in [-0.05, 0) is 37.1 Å². The Morgan fingerprint density at radius 1 is 1.04 bits per heavy atom. The molecule has 6 nitrogen and oxygen atoms in total. The van der Waals surface area contributed by atoms with E-state index >= 15 is 0 Å². The van der Waals surface area contributed by atoms with Gasteiger partial charge in [0.1, 0.15) is 17.1 Å². The predicted molar refractivity (Wildman–Crippen MR) is 99.9 cm³/mol. The number of carbonyl (C=O) groups is 2. The van der Waals surface area contributed by atoms with Crippen molar-refractivity contribution in [3.05, 3.63) is 60.2 Å². The van der Waals surface area contributed by atoms with Gasteiger partial charge in [0.05, 0.1) is 12.1 Å². The highest BCUT2D eigenvalue weighted by atomic mass is 16.6. The van der Waals surface area contributed by atoms with Crippen LogP contribution < -0.4 is 10.1 Å². The van der Waals surface area contributed by atoms with E-state index in [0.29, 0.717) is 43.1 Å². The van der Waals surface area contributed by atoms with E-state index in [-0.39, 0.29) is 12.0 Å². The van der Waals surface area contributed by atoms with Crippen LogP contribution in [0.2, 0.25) is 0 Å². The first-order valence-corrected chi connectivity index (χ1v) is 9.23. The van der Waals surface area contributed by atoms with Crippen molar-refractivity contribution in [3.8, 4) is 11.5 Å². The lowest BCUT2D eigenvalue weighted by Crippen LogP contribution is -2.36. The molecule has 2 aromatic rings. The molecule has 2 amide bonds. The Kier molecular flexibility index (Phi) is 4.71. The highest BCUT2D eigenvalue weighted by Crippen LogP contribution is 2.31. The van der Waals surface area contributed by atoms with Crippen LogP contribution in [0.5, 0.6) is 11.5 Å². The van der Waals surface area contributed by atoms with Gasteiger partial charge in [0, 0.05) is 19.5 Å². The van der Waals surface area contributed by atoms with E-state index in [1.54, 1.807) is 6.07 Å². The zero-order valence-corrected chi connectivity index (χ0v) is 15.0. The summed E-state index contributed by atoms with van der Waals surface area (Å²) in [5.74, 6) is 1.17. The van der Waals surface area contributed by atoms with E-state index in [1.807, 2.05) is 53.4 Å². The highest BCUT2D eigenvalue weighted by molar-refractivity contribution is 5.97. The summed E-state index contributed by atoms with van der Waals surface area (Å²) in [6.45, 7) is 1.70. The minimum Gasteiger partial charge on any atom is -0.457 e. The molecule has 2 aromatic carbocycles. The van der Waals surface area contributed by atoms with Crippen LogP contribution in [0.25, 0.3) is 0 Å². The quantitative estimate of drug-likeness (QED) is 0.901. The topological polar surface area (TPSA) is 67.9 Å².